The van der Waals surface area contributed by atoms with Crippen LogP contribution in [0.4, 0.5) is 5.69 Å². The zero-order valence-electron chi connectivity index (χ0n) is 14.8. The lowest BCUT2D eigenvalue weighted by atomic mass is 10.1. The molecule has 0 aliphatic carbocycles. The minimum atomic E-state index is -3.69. The smallest absolute Gasteiger partial charge is 0.241 e. The molecular weight excluding hydrogens is 366 g/mol. The van der Waals surface area contributed by atoms with Crippen LogP contribution < -0.4 is 15.4 Å². The topological polar surface area (TPSA) is 108 Å². The molecule has 7 nitrogen and oxygen atoms in total. The van der Waals surface area contributed by atoms with E-state index in [9.17, 15) is 18.3 Å². The van der Waals surface area contributed by atoms with E-state index in [0.29, 0.717) is 24.2 Å². The largest absolute Gasteiger partial charge is 0.392 e. The second kappa shape index (κ2) is 8.01. The molecule has 0 aromatic heterocycles. The zero-order valence-corrected chi connectivity index (χ0v) is 16.4. The molecule has 0 radical (unpaired) electrons. The van der Waals surface area contributed by atoms with Crippen LogP contribution >= 0.6 is 12.4 Å². The first kappa shape index (κ1) is 21.9. The number of anilines is 1. The van der Waals surface area contributed by atoms with Crippen molar-refractivity contribution in [2.75, 3.05) is 11.9 Å². The van der Waals surface area contributed by atoms with Crippen molar-refractivity contribution in [1.82, 2.24) is 10.0 Å². The predicted molar refractivity (Wildman–Crippen MR) is 99.5 cm³/mol. The van der Waals surface area contributed by atoms with E-state index in [-0.39, 0.29) is 23.2 Å². The summed E-state index contributed by atoms with van der Waals surface area (Å²) in [6.07, 6.45) is -0.195. The number of nitrogens with one attached hydrogen (secondary N) is 3. The normalized spacial score (nSPS) is 20.8. The van der Waals surface area contributed by atoms with Crippen molar-refractivity contribution in [3.8, 4) is 0 Å². The van der Waals surface area contributed by atoms with Crippen molar-refractivity contribution < 1.29 is 18.3 Å². The molecule has 1 aromatic carbocycles. The van der Waals surface area contributed by atoms with Crippen LogP contribution in [0.3, 0.4) is 0 Å². The van der Waals surface area contributed by atoms with Gasteiger partial charge in [-0.25, -0.2) is 13.1 Å². The van der Waals surface area contributed by atoms with Crippen LogP contribution in [0.2, 0.25) is 0 Å². The Morgan fingerprint density at radius 2 is 1.96 bits per heavy atom. The first-order valence-electron chi connectivity index (χ1n) is 7.85. The molecule has 1 amide bonds. The number of halogens is 1. The Bertz CT molecular complexity index is 731. The fraction of sp³-hybridized carbons (Fsp3) is 0.562. The number of amides is 1. The maximum atomic E-state index is 12.5. The Kier molecular flexibility index (Phi) is 7.00. The maximum Gasteiger partial charge on any atom is 0.241 e. The van der Waals surface area contributed by atoms with Gasteiger partial charge in [-0.3, -0.25) is 4.79 Å². The Morgan fingerprint density at radius 3 is 2.48 bits per heavy atom. The third-order valence-corrected chi connectivity index (χ3v) is 5.51. The number of hydrogen-bond acceptors (Lipinski definition) is 5. The Labute approximate surface area is 155 Å². The second-order valence-electron chi connectivity index (χ2n) is 7.18. The molecule has 2 rings (SSSR count). The molecule has 0 bridgehead atoms. The van der Waals surface area contributed by atoms with Crippen LogP contribution in [0.15, 0.2) is 23.1 Å². The summed E-state index contributed by atoms with van der Waals surface area (Å²) in [5, 5.41) is 15.1. The van der Waals surface area contributed by atoms with E-state index in [1.54, 1.807) is 39.8 Å². The van der Waals surface area contributed by atoms with Gasteiger partial charge in [0.1, 0.15) is 0 Å². The summed E-state index contributed by atoms with van der Waals surface area (Å²) in [6.45, 7) is 7.38. The third-order valence-electron chi connectivity index (χ3n) is 3.61. The van der Waals surface area contributed by atoms with Gasteiger partial charge in [-0.2, -0.15) is 0 Å². The van der Waals surface area contributed by atoms with Crippen LogP contribution in [0.1, 0.15) is 32.8 Å². The van der Waals surface area contributed by atoms with Crippen molar-refractivity contribution in [2.24, 2.45) is 0 Å². The van der Waals surface area contributed by atoms with E-state index in [2.05, 4.69) is 15.4 Å². The number of aliphatic hydroxyl groups excluding tert-OH is 1. The number of aryl methyl sites for hydroxylation is 1. The Balaban J connectivity index is 0.00000312. The first-order valence-corrected chi connectivity index (χ1v) is 9.33. The molecular formula is C16H26ClN3O4S. The molecule has 9 heteroatoms. The highest BCUT2D eigenvalue weighted by atomic mass is 35.5. The quantitative estimate of drug-likeness (QED) is 0.616. The van der Waals surface area contributed by atoms with Crippen molar-refractivity contribution in [1.29, 1.82) is 0 Å². The highest BCUT2D eigenvalue weighted by Gasteiger charge is 2.28. The predicted octanol–water partition coefficient (Wildman–Crippen LogP) is 1.15. The molecule has 1 heterocycles. The molecule has 1 fully saturated rings. The molecule has 2 unspecified atom stereocenters. The fourth-order valence-corrected chi connectivity index (χ4v) is 4.26. The lowest BCUT2D eigenvalue weighted by Gasteiger charge is -2.21. The number of hydrogen-bond donors (Lipinski definition) is 4. The number of rotatable bonds is 4. The summed E-state index contributed by atoms with van der Waals surface area (Å²) in [5.74, 6) is -0.289. The van der Waals surface area contributed by atoms with Crippen LogP contribution in [-0.4, -0.2) is 43.7 Å². The Hall–Kier alpha value is -1.19. The summed E-state index contributed by atoms with van der Waals surface area (Å²) in [6, 6.07) is 4.29. The number of benzene rings is 1. The maximum absolute atomic E-state index is 12.5. The lowest BCUT2D eigenvalue weighted by Crippen LogP contribution is -2.40. The van der Waals surface area contributed by atoms with E-state index in [1.165, 1.54) is 6.07 Å². The summed E-state index contributed by atoms with van der Waals surface area (Å²) >= 11 is 0. The molecule has 0 spiro atoms. The summed E-state index contributed by atoms with van der Waals surface area (Å²) in [4.78, 5) is 12.3. The molecule has 2 atom stereocenters. The molecule has 0 saturated carbocycles. The molecule has 142 valence electrons. The third kappa shape index (κ3) is 5.93. The highest BCUT2D eigenvalue weighted by Crippen LogP contribution is 2.22. The highest BCUT2D eigenvalue weighted by molar-refractivity contribution is 7.89. The van der Waals surface area contributed by atoms with Crippen LogP contribution in [0.25, 0.3) is 0 Å². The van der Waals surface area contributed by atoms with E-state index in [4.69, 9.17) is 0 Å². The molecule has 1 saturated heterocycles. The van der Waals surface area contributed by atoms with Crippen molar-refractivity contribution in [3.63, 3.8) is 0 Å². The zero-order chi connectivity index (χ0) is 18.1. The summed E-state index contributed by atoms with van der Waals surface area (Å²) in [5.41, 5.74) is 0.399. The molecule has 1 aliphatic heterocycles. The molecule has 4 N–H and O–H groups in total. The van der Waals surface area contributed by atoms with Crippen LogP contribution in [-0.2, 0) is 14.8 Å². The summed E-state index contributed by atoms with van der Waals surface area (Å²) in [7, 11) is -3.69. The van der Waals surface area contributed by atoms with Gasteiger partial charge in [0.15, 0.2) is 0 Å². The van der Waals surface area contributed by atoms with Crippen LogP contribution in [0.5, 0.6) is 0 Å². The summed E-state index contributed by atoms with van der Waals surface area (Å²) < 4.78 is 27.7. The van der Waals surface area contributed by atoms with Gasteiger partial charge in [0, 0.05) is 17.8 Å². The minimum absolute atomic E-state index is 0. The number of carbonyl (C=O) groups is 1. The van der Waals surface area contributed by atoms with Crippen molar-refractivity contribution in [3.05, 3.63) is 23.8 Å². The Morgan fingerprint density at radius 1 is 1.32 bits per heavy atom. The monoisotopic (exact) mass is 391 g/mol. The number of β-amino-alcohol motifs (C(OH)–C–C–N with tert-alkyl or cyclic N) is 1. The van der Waals surface area contributed by atoms with E-state index in [1.807, 2.05) is 0 Å². The average Bonchev–Trinajstić information content (AvgIpc) is 2.85. The van der Waals surface area contributed by atoms with E-state index >= 15 is 0 Å². The number of sulfonamides is 1. The number of carbonyl (C=O) groups excluding carboxylic acids is 1. The van der Waals surface area contributed by atoms with Gasteiger partial charge in [-0.15, -0.1) is 12.4 Å². The van der Waals surface area contributed by atoms with Gasteiger partial charge in [-0.05, 0) is 51.8 Å². The lowest BCUT2D eigenvalue weighted by molar-refractivity contribution is -0.117. The van der Waals surface area contributed by atoms with Gasteiger partial charge >= 0.3 is 0 Å². The molecule has 25 heavy (non-hydrogen) atoms. The SMILES string of the molecule is Cc1ccc(NC(=O)C2CC(O)CN2)cc1S(=O)(=O)NC(C)(C)C.Cl. The average molecular weight is 392 g/mol. The number of aliphatic hydroxyl groups is 1. The standard InChI is InChI=1S/C16H25N3O4S.ClH/c1-10-5-6-11(18-15(21)13-8-12(20)9-17-13)7-14(10)24(22,23)19-16(2,3)4;/h5-7,12-13,17,19-20H,8-9H2,1-4H3,(H,18,21);1H. The van der Waals surface area contributed by atoms with E-state index < -0.39 is 27.7 Å². The van der Waals surface area contributed by atoms with Gasteiger partial charge < -0.3 is 15.7 Å². The van der Waals surface area contributed by atoms with Crippen molar-refractivity contribution >= 4 is 34.0 Å². The van der Waals surface area contributed by atoms with Gasteiger partial charge in [-0.1, -0.05) is 6.07 Å². The molecule has 1 aromatic rings. The van der Waals surface area contributed by atoms with Crippen LogP contribution in [0, 0.1) is 6.92 Å². The van der Waals surface area contributed by atoms with E-state index in [0.717, 1.165) is 0 Å². The fourth-order valence-electron chi connectivity index (χ4n) is 2.57. The second-order valence-corrected chi connectivity index (χ2v) is 8.83. The van der Waals surface area contributed by atoms with Gasteiger partial charge in [0.2, 0.25) is 15.9 Å². The first-order chi connectivity index (χ1) is 11.0. The minimum Gasteiger partial charge on any atom is -0.392 e. The van der Waals surface area contributed by atoms with Gasteiger partial charge in [0.05, 0.1) is 17.0 Å². The molecule has 1 aliphatic rings. The van der Waals surface area contributed by atoms with Gasteiger partial charge in [0.25, 0.3) is 0 Å². The van der Waals surface area contributed by atoms with Crippen molar-refractivity contribution in [2.45, 2.75) is 56.7 Å².